The summed E-state index contributed by atoms with van der Waals surface area (Å²) < 4.78 is 37.2. The van der Waals surface area contributed by atoms with E-state index in [-0.39, 0.29) is 20.7 Å². The predicted octanol–water partition coefficient (Wildman–Crippen LogP) is 9.42. The number of rotatable bonds is 15. The number of halogens is 1. The van der Waals surface area contributed by atoms with E-state index in [0.29, 0.717) is 17.9 Å². The van der Waals surface area contributed by atoms with E-state index >= 15 is 0 Å². The number of benzene rings is 2. The number of carbonyl (C=O) groups excluding carboxylic acids is 1. The van der Waals surface area contributed by atoms with Crippen LogP contribution in [-0.4, -0.2) is 37.8 Å². The summed E-state index contributed by atoms with van der Waals surface area (Å²) >= 11 is 0. The molecule has 0 radical (unpaired) electrons. The molecule has 0 heterocycles. The molecular weight excluding hydrogens is 532 g/mol. The summed E-state index contributed by atoms with van der Waals surface area (Å²) in [6.45, 7) is 16.4. The van der Waals surface area contributed by atoms with Crippen molar-refractivity contribution in [2.75, 3.05) is 6.61 Å². The molecule has 2 aromatic carbocycles. The Morgan fingerprint density at radius 2 is 1.16 bits per heavy atom. The fraction of sp³-hybridized carbons (Fsp3) is 0.552. The topological polar surface area (TPSA) is 54.0 Å². The predicted molar refractivity (Wildman–Crippen MR) is 165 cm³/mol. The molecule has 0 N–H and O–H groups in total. The van der Waals surface area contributed by atoms with E-state index in [4.69, 9.17) is 17.7 Å². The second-order valence-electron chi connectivity index (χ2n) is 11.3. The molecule has 0 bridgehead atoms. The van der Waals surface area contributed by atoms with Gasteiger partial charge in [-0.3, -0.25) is 0 Å². The number of esters is 1. The molecule has 0 saturated carbocycles. The third kappa shape index (κ3) is 15.0. The fourth-order valence-corrected chi connectivity index (χ4v) is 16.7. The van der Waals surface area contributed by atoms with Gasteiger partial charge in [0.15, 0.2) is 16.6 Å². The van der Waals surface area contributed by atoms with Crippen LogP contribution < -0.4 is 9.47 Å². The Morgan fingerprint density at radius 3 is 1.68 bits per heavy atom. The Labute approximate surface area is 234 Å². The summed E-state index contributed by atoms with van der Waals surface area (Å²) in [4.78, 5) is 12.2. The summed E-state index contributed by atoms with van der Waals surface area (Å²) in [7, 11) is -5.40. The van der Waals surface area contributed by atoms with Crippen molar-refractivity contribution in [3.63, 3.8) is 0 Å². The zero-order chi connectivity index (χ0) is 26.8. The lowest BCUT2D eigenvalue weighted by Gasteiger charge is -2.38. The van der Waals surface area contributed by atoms with E-state index < -0.39 is 31.2 Å². The van der Waals surface area contributed by atoms with Gasteiger partial charge in [-0.15, -0.1) is 0 Å². The van der Waals surface area contributed by atoms with Crippen molar-refractivity contribution in [3.8, 4) is 11.5 Å². The lowest BCUT2D eigenvalue weighted by atomic mass is 10.2. The van der Waals surface area contributed by atoms with Crippen molar-refractivity contribution < 1.29 is 26.9 Å². The number of carbonyl (C=O) groups is 1. The molecule has 2 rings (SSSR count). The first kappa shape index (κ1) is 36.2. The largest absolute Gasteiger partial charge is 0.494 e. The van der Waals surface area contributed by atoms with Crippen LogP contribution >= 0.6 is 0 Å². The molecule has 38 heavy (non-hydrogen) atoms. The van der Waals surface area contributed by atoms with Crippen molar-refractivity contribution in [1.82, 2.24) is 0 Å². The molecule has 216 valence electrons. The van der Waals surface area contributed by atoms with E-state index in [1.807, 2.05) is 0 Å². The lowest BCUT2D eigenvalue weighted by molar-refractivity contribution is 0.0734. The summed E-state index contributed by atoms with van der Waals surface area (Å²) in [5.74, 6) is 0.167. The SMILES string of the molecule is C.C.C[Si](C)(C)O[Si](C)(CCCCCCCOc1ccc(C(=O)Oc2ccc(F)cc2)cc1)O[Si](C)(C)C. The summed E-state index contributed by atoms with van der Waals surface area (Å²) in [5, 5.41) is 0. The van der Waals surface area contributed by atoms with Gasteiger partial charge < -0.3 is 17.7 Å². The van der Waals surface area contributed by atoms with E-state index in [9.17, 15) is 9.18 Å². The van der Waals surface area contributed by atoms with Crippen LogP contribution in [0.2, 0.25) is 51.9 Å². The molecule has 5 nitrogen and oxygen atoms in total. The number of ether oxygens (including phenoxy) is 2. The molecule has 0 aliphatic carbocycles. The first-order chi connectivity index (χ1) is 16.7. The Balaban J connectivity index is 0.00000684. The van der Waals surface area contributed by atoms with Gasteiger partial charge >= 0.3 is 14.5 Å². The van der Waals surface area contributed by atoms with E-state index in [1.54, 1.807) is 24.3 Å². The normalized spacial score (nSPS) is 11.8. The van der Waals surface area contributed by atoms with Gasteiger partial charge in [-0.05, 0) is 107 Å². The minimum absolute atomic E-state index is 0. The molecule has 0 aliphatic rings. The van der Waals surface area contributed by atoms with E-state index in [2.05, 4.69) is 45.8 Å². The summed E-state index contributed by atoms with van der Waals surface area (Å²) in [6.07, 6.45) is 5.59. The maximum atomic E-state index is 13.0. The number of hydrogen-bond donors (Lipinski definition) is 0. The third-order valence-corrected chi connectivity index (χ3v) is 14.8. The molecule has 0 spiro atoms. The van der Waals surface area contributed by atoms with Gasteiger partial charge in [-0.1, -0.05) is 40.5 Å². The Bertz CT molecular complexity index is 923. The quantitative estimate of drug-likeness (QED) is 0.0906. The first-order valence-electron chi connectivity index (χ1n) is 12.9. The smallest absolute Gasteiger partial charge is 0.343 e. The molecule has 0 atom stereocenters. The van der Waals surface area contributed by atoms with Gasteiger partial charge in [0.05, 0.1) is 12.2 Å². The fourth-order valence-electron chi connectivity index (χ4n) is 4.04. The van der Waals surface area contributed by atoms with E-state index in [0.717, 1.165) is 31.1 Å². The summed E-state index contributed by atoms with van der Waals surface area (Å²) in [5.41, 5.74) is 0.415. The molecule has 2 aromatic rings. The lowest BCUT2D eigenvalue weighted by Crippen LogP contribution is -2.52. The molecular formula is C29H51FO5Si3. The van der Waals surface area contributed by atoms with Gasteiger partial charge in [0.25, 0.3) is 0 Å². The Kier molecular flexibility index (Phi) is 15.6. The average Bonchev–Trinajstić information content (AvgIpc) is 2.75. The Morgan fingerprint density at radius 1 is 0.684 bits per heavy atom. The highest BCUT2D eigenvalue weighted by Gasteiger charge is 2.39. The molecule has 0 amide bonds. The minimum atomic E-state index is -2.13. The highest BCUT2D eigenvalue weighted by molar-refractivity contribution is 6.87. The van der Waals surface area contributed by atoms with Gasteiger partial charge in [0.2, 0.25) is 0 Å². The molecule has 0 fully saturated rings. The third-order valence-electron chi connectivity index (χ3n) is 5.20. The monoisotopic (exact) mass is 582 g/mol. The molecule has 0 saturated heterocycles. The molecule has 9 heteroatoms. The van der Waals surface area contributed by atoms with Gasteiger partial charge in [0, 0.05) is 0 Å². The number of hydrogen-bond acceptors (Lipinski definition) is 5. The maximum Gasteiger partial charge on any atom is 0.343 e. The van der Waals surface area contributed by atoms with Crippen LogP contribution in [0.1, 0.15) is 57.3 Å². The molecule has 0 aliphatic heterocycles. The maximum absolute atomic E-state index is 13.0. The van der Waals surface area contributed by atoms with Crippen LogP contribution in [0.25, 0.3) is 0 Å². The molecule has 0 unspecified atom stereocenters. The van der Waals surface area contributed by atoms with Crippen molar-refractivity contribution in [2.45, 2.75) is 98.8 Å². The van der Waals surface area contributed by atoms with Gasteiger partial charge in [-0.25, -0.2) is 9.18 Å². The van der Waals surface area contributed by atoms with Crippen LogP contribution in [0.3, 0.4) is 0 Å². The summed E-state index contributed by atoms with van der Waals surface area (Å²) in [6, 6.07) is 13.3. The highest BCUT2D eigenvalue weighted by atomic mass is 28.5. The first-order valence-corrected chi connectivity index (χ1v) is 22.2. The standard InChI is InChI=1S/C27H43FO5Si3.2CH4/c1-34(2,3)32-36(7,33-35(4,5)6)22-12-10-8-9-11-21-30-25-17-13-23(14-18-25)27(29)31-26-19-15-24(28)16-20-26;;/h13-20H,8-12,21-22H2,1-7H3;2*1H4. The zero-order valence-electron chi connectivity index (χ0n) is 23.0. The van der Waals surface area contributed by atoms with Crippen molar-refractivity contribution in [2.24, 2.45) is 0 Å². The van der Waals surface area contributed by atoms with Crippen molar-refractivity contribution >= 4 is 31.2 Å². The van der Waals surface area contributed by atoms with E-state index in [1.165, 1.54) is 37.1 Å². The highest BCUT2D eigenvalue weighted by Crippen LogP contribution is 2.26. The minimum Gasteiger partial charge on any atom is -0.494 e. The second kappa shape index (κ2) is 16.3. The molecule has 0 aromatic heterocycles. The van der Waals surface area contributed by atoms with Crippen LogP contribution in [0, 0.1) is 5.82 Å². The van der Waals surface area contributed by atoms with Crippen LogP contribution in [0.4, 0.5) is 4.39 Å². The van der Waals surface area contributed by atoms with Gasteiger partial charge in [0.1, 0.15) is 17.3 Å². The van der Waals surface area contributed by atoms with Crippen LogP contribution in [0.5, 0.6) is 11.5 Å². The number of unbranched alkanes of at least 4 members (excludes halogenated alkanes) is 4. The van der Waals surface area contributed by atoms with Gasteiger partial charge in [-0.2, -0.15) is 0 Å². The average molecular weight is 583 g/mol. The van der Waals surface area contributed by atoms with Crippen molar-refractivity contribution in [1.29, 1.82) is 0 Å². The van der Waals surface area contributed by atoms with Crippen molar-refractivity contribution in [3.05, 3.63) is 59.9 Å². The second-order valence-corrected chi connectivity index (χ2v) is 24.1. The van der Waals surface area contributed by atoms with Crippen LogP contribution in [0.15, 0.2) is 48.5 Å². The van der Waals surface area contributed by atoms with Crippen LogP contribution in [-0.2, 0) is 8.23 Å². The Hall–Kier alpha value is -1.79. The zero-order valence-corrected chi connectivity index (χ0v) is 26.0.